The fraction of sp³-hybridized carbons (Fsp3) is 0.615. The summed E-state index contributed by atoms with van der Waals surface area (Å²) >= 11 is 0. The van der Waals surface area contributed by atoms with Gasteiger partial charge in [0.25, 0.3) is 0 Å². The Morgan fingerprint density at radius 2 is 2.12 bits per heavy atom. The lowest BCUT2D eigenvalue weighted by Gasteiger charge is -2.29. The lowest BCUT2D eigenvalue weighted by molar-refractivity contribution is -0.150. The van der Waals surface area contributed by atoms with Gasteiger partial charge in [0.1, 0.15) is 11.5 Å². The number of ether oxygens (including phenoxy) is 1. The molecule has 1 aliphatic carbocycles. The van der Waals surface area contributed by atoms with E-state index in [2.05, 4.69) is 0 Å². The second-order valence-electron chi connectivity index (χ2n) is 4.96. The van der Waals surface area contributed by atoms with Crippen LogP contribution in [0.1, 0.15) is 30.4 Å². The van der Waals surface area contributed by atoms with Crippen LogP contribution in [0.2, 0.25) is 0 Å². The Hall–Kier alpha value is -1.29. The van der Waals surface area contributed by atoms with Crippen LogP contribution in [0.15, 0.2) is 16.5 Å². The van der Waals surface area contributed by atoms with Crippen LogP contribution in [-0.2, 0) is 9.53 Å². The highest BCUT2D eigenvalue weighted by atomic mass is 16.5. The van der Waals surface area contributed by atoms with Gasteiger partial charge < -0.3 is 9.15 Å². The van der Waals surface area contributed by atoms with Gasteiger partial charge in [-0.2, -0.15) is 0 Å². The Balaban J connectivity index is 2.34. The van der Waals surface area contributed by atoms with Crippen LogP contribution in [0.5, 0.6) is 0 Å². The summed E-state index contributed by atoms with van der Waals surface area (Å²) in [4.78, 5) is 14.0. The summed E-state index contributed by atoms with van der Waals surface area (Å²) in [6, 6.07) is 3.84. The van der Waals surface area contributed by atoms with E-state index in [1.54, 1.807) is 0 Å². The number of methoxy groups -OCH3 is 1. The molecule has 1 aromatic heterocycles. The van der Waals surface area contributed by atoms with Gasteiger partial charge in [0.2, 0.25) is 0 Å². The molecule has 17 heavy (non-hydrogen) atoms. The van der Waals surface area contributed by atoms with Crippen LogP contribution in [-0.4, -0.2) is 32.1 Å². The molecule has 1 aromatic rings. The highest BCUT2D eigenvalue weighted by Crippen LogP contribution is 2.57. The number of aryl methyl sites for hydroxylation is 1. The van der Waals surface area contributed by atoms with E-state index in [9.17, 15) is 4.79 Å². The zero-order chi connectivity index (χ0) is 12.6. The van der Waals surface area contributed by atoms with Gasteiger partial charge in [-0.1, -0.05) is 0 Å². The largest absolute Gasteiger partial charge is 0.469 e. The van der Waals surface area contributed by atoms with Crippen molar-refractivity contribution in [1.29, 1.82) is 0 Å². The molecule has 0 aliphatic heterocycles. The maximum atomic E-state index is 11.9. The third-order valence-electron chi connectivity index (χ3n) is 3.45. The van der Waals surface area contributed by atoms with E-state index in [0.717, 1.165) is 24.4 Å². The summed E-state index contributed by atoms with van der Waals surface area (Å²) in [6.07, 6.45) is 1.73. The van der Waals surface area contributed by atoms with Gasteiger partial charge in [-0.05, 0) is 46.0 Å². The second kappa shape index (κ2) is 4.18. The molecule has 0 N–H and O–H groups in total. The first-order valence-electron chi connectivity index (χ1n) is 5.82. The average Bonchev–Trinajstić information content (AvgIpc) is 2.95. The Morgan fingerprint density at radius 1 is 1.47 bits per heavy atom. The number of furan rings is 1. The topological polar surface area (TPSA) is 42.7 Å². The first-order chi connectivity index (χ1) is 8.01. The third kappa shape index (κ3) is 1.97. The highest BCUT2D eigenvalue weighted by molar-refractivity contribution is 5.81. The zero-order valence-corrected chi connectivity index (χ0v) is 10.8. The molecule has 0 bridgehead atoms. The summed E-state index contributed by atoms with van der Waals surface area (Å²) in [5.41, 5.74) is -0.414. The molecule has 1 atom stereocenters. The van der Waals surface area contributed by atoms with Crippen molar-refractivity contribution < 1.29 is 13.9 Å². The standard InChI is InChI=1S/C13H19NO3/c1-9-5-6-10(17-9)11(14(2)3)13(7-8-13)12(15)16-4/h5-6,11H,7-8H2,1-4H3. The Kier molecular flexibility index (Phi) is 3.00. The van der Waals surface area contributed by atoms with Gasteiger partial charge in [0.15, 0.2) is 0 Å². The summed E-state index contributed by atoms with van der Waals surface area (Å²) in [7, 11) is 5.37. The lowest BCUT2D eigenvalue weighted by Crippen LogP contribution is -2.34. The number of nitrogens with zero attached hydrogens (tertiary/aromatic N) is 1. The van der Waals surface area contributed by atoms with Crippen molar-refractivity contribution >= 4 is 5.97 Å². The number of carbonyl (C=O) groups is 1. The molecule has 4 heteroatoms. The van der Waals surface area contributed by atoms with Gasteiger partial charge in [0.05, 0.1) is 18.6 Å². The smallest absolute Gasteiger partial charge is 0.313 e. The van der Waals surface area contributed by atoms with Crippen LogP contribution in [0.4, 0.5) is 0 Å². The Morgan fingerprint density at radius 3 is 2.47 bits per heavy atom. The quantitative estimate of drug-likeness (QED) is 0.752. The molecule has 1 fully saturated rings. The maximum absolute atomic E-state index is 11.9. The number of carbonyl (C=O) groups excluding carboxylic acids is 1. The van der Waals surface area contributed by atoms with Crippen LogP contribution in [0.3, 0.4) is 0 Å². The predicted molar refractivity (Wildman–Crippen MR) is 63.6 cm³/mol. The first kappa shape index (κ1) is 12.2. The Labute approximate surface area is 102 Å². The van der Waals surface area contributed by atoms with Crippen molar-refractivity contribution in [3.05, 3.63) is 23.7 Å². The Bertz CT molecular complexity index is 418. The SMILES string of the molecule is COC(=O)C1(C(c2ccc(C)o2)N(C)C)CC1. The zero-order valence-electron chi connectivity index (χ0n) is 10.8. The molecule has 2 rings (SSSR count). The molecule has 0 saturated heterocycles. The van der Waals surface area contributed by atoms with E-state index in [1.807, 2.05) is 38.1 Å². The second-order valence-corrected chi connectivity index (χ2v) is 4.96. The monoisotopic (exact) mass is 237 g/mol. The van der Waals surface area contributed by atoms with Crippen LogP contribution >= 0.6 is 0 Å². The molecule has 1 aliphatic rings. The van der Waals surface area contributed by atoms with Gasteiger partial charge in [-0.25, -0.2) is 0 Å². The van der Waals surface area contributed by atoms with E-state index < -0.39 is 5.41 Å². The van der Waals surface area contributed by atoms with Crippen molar-refractivity contribution in [2.24, 2.45) is 5.41 Å². The minimum Gasteiger partial charge on any atom is -0.469 e. The van der Waals surface area contributed by atoms with Crippen molar-refractivity contribution in [1.82, 2.24) is 4.90 Å². The van der Waals surface area contributed by atoms with Gasteiger partial charge >= 0.3 is 5.97 Å². The van der Waals surface area contributed by atoms with Gasteiger partial charge in [-0.15, -0.1) is 0 Å². The number of rotatable bonds is 4. The highest BCUT2D eigenvalue weighted by Gasteiger charge is 2.59. The molecule has 1 saturated carbocycles. The molecule has 1 heterocycles. The van der Waals surface area contributed by atoms with E-state index in [-0.39, 0.29) is 12.0 Å². The van der Waals surface area contributed by atoms with Crippen LogP contribution in [0, 0.1) is 12.3 Å². The molecule has 94 valence electrons. The van der Waals surface area contributed by atoms with Crippen LogP contribution < -0.4 is 0 Å². The molecule has 0 spiro atoms. The molecule has 0 aromatic carbocycles. The number of esters is 1. The summed E-state index contributed by atoms with van der Waals surface area (Å²) in [6.45, 7) is 1.91. The molecule has 4 nitrogen and oxygen atoms in total. The third-order valence-corrected chi connectivity index (χ3v) is 3.45. The number of hydrogen-bond donors (Lipinski definition) is 0. The molecule has 0 radical (unpaired) electrons. The average molecular weight is 237 g/mol. The number of hydrogen-bond acceptors (Lipinski definition) is 4. The molecule has 0 amide bonds. The molecular formula is C13H19NO3. The molecule has 1 unspecified atom stereocenters. The van der Waals surface area contributed by atoms with Crippen molar-refractivity contribution in [3.8, 4) is 0 Å². The minimum atomic E-state index is -0.414. The summed E-state index contributed by atoms with van der Waals surface area (Å²) in [5, 5.41) is 0. The maximum Gasteiger partial charge on any atom is 0.313 e. The normalized spacial score (nSPS) is 19.1. The van der Waals surface area contributed by atoms with E-state index in [0.29, 0.717) is 0 Å². The summed E-state index contributed by atoms with van der Waals surface area (Å²) in [5.74, 6) is 1.58. The lowest BCUT2D eigenvalue weighted by atomic mass is 9.93. The fourth-order valence-electron chi connectivity index (χ4n) is 2.55. The van der Waals surface area contributed by atoms with Gasteiger partial charge in [0, 0.05) is 0 Å². The predicted octanol–water partition coefficient (Wildman–Crippen LogP) is 2.14. The minimum absolute atomic E-state index is 0.0383. The van der Waals surface area contributed by atoms with Crippen LogP contribution in [0.25, 0.3) is 0 Å². The van der Waals surface area contributed by atoms with Gasteiger partial charge in [-0.3, -0.25) is 9.69 Å². The first-order valence-corrected chi connectivity index (χ1v) is 5.82. The van der Waals surface area contributed by atoms with E-state index in [1.165, 1.54) is 7.11 Å². The fourth-order valence-corrected chi connectivity index (χ4v) is 2.55. The van der Waals surface area contributed by atoms with Crippen molar-refractivity contribution in [3.63, 3.8) is 0 Å². The van der Waals surface area contributed by atoms with E-state index >= 15 is 0 Å². The van der Waals surface area contributed by atoms with E-state index in [4.69, 9.17) is 9.15 Å². The summed E-state index contributed by atoms with van der Waals surface area (Å²) < 4.78 is 10.6. The van der Waals surface area contributed by atoms with Crippen molar-refractivity contribution in [2.75, 3.05) is 21.2 Å². The van der Waals surface area contributed by atoms with Crippen molar-refractivity contribution in [2.45, 2.75) is 25.8 Å². The molecular weight excluding hydrogens is 218 g/mol.